The fourth-order valence-electron chi connectivity index (χ4n) is 7.48. The third-order valence-corrected chi connectivity index (χ3v) is 11.7. The number of hydrogen-bond donors (Lipinski definition) is 7. The molecule has 0 saturated carbocycles. The first kappa shape index (κ1) is 61.1. The van der Waals surface area contributed by atoms with Crippen LogP contribution in [0, 0.1) is 0 Å². The molecule has 15 nitrogen and oxygen atoms in total. The van der Waals surface area contributed by atoms with Crippen molar-refractivity contribution < 1.29 is 73.8 Å². The number of hydrogen-bond acceptors (Lipinski definition) is 15. The van der Waals surface area contributed by atoms with E-state index < -0.39 is 99.3 Å². The summed E-state index contributed by atoms with van der Waals surface area (Å²) in [4.78, 5) is 25.7. The minimum absolute atomic E-state index is 0.0827. The average Bonchev–Trinajstić information content (AvgIpc) is 3.33. The van der Waals surface area contributed by atoms with E-state index in [1.165, 1.54) is 44.9 Å². The molecule has 0 radical (unpaired) electrons. The van der Waals surface area contributed by atoms with Crippen molar-refractivity contribution in [3.63, 3.8) is 0 Å². The zero-order chi connectivity index (χ0) is 49.6. The van der Waals surface area contributed by atoms with Crippen molar-refractivity contribution in [2.75, 3.05) is 26.4 Å². The summed E-state index contributed by atoms with van der Waals surface area (Å²) in [6, 6.07) is 0. The number of carbonyl (C=O) groups is 2. The second kappa shape index (κ2) is 39.6. The molecule has 0 aromatic carbocycles. The Balaban J connectivity index is 1.85. The molecule has 0 aromatic heterocycles. The van der Waals surface area contributed by atoms with E-state index in [0.717, 1.165) is 64.2 Å². The van der Waals surface area contributed by atoms with Gasteiger partial charge in [0.25, 0.3) is 0 Å². The maximum atomic E-state index is 13.0. The second-order valence-corrected chi connectivity index (χ2v) is 17.6. The molecule has 7 N–H and O–H groups in total. The quantitative estimate of drug-likeness (QED) is 0.0187. The maximum Gasteiger partial charge on any atom is 0.306 e. The van der Waals surface area contributed by atoms with E-state index in [2.05, 4.69) is 74.6 Å². The summed E-state index contributed by atoms with van der Waals surface area (Å²) < 4.78 is 33.5. The number of carbonyl (C=O) groups excluding carboxylic acids is 2. The monoisotopic (exact) mass is 965 g/mol. The summed E-state index contributed by atoms with van der Waals surface area (Å²) in [6.45, 7) is 2.38. The zero-order valence-electron chi connectivity index (χ0n) is 41.1. The molecule has 2 heterocycles. The van der Waals surface area contributed by atoms with E-state index >= 15 is 0 Å². The molecule has 15 heteroatoms. The highest BCUT2D eigenvalue weighted by Gasteiger charge is 2.47. The van der Waals surface area contributed by atoms with Gasteiger partial charge in [0.15, 0.2) is 18.7 Å². The lowest BCUT2D eigenvalue weighted by Crippen LogP contribution is -2.61. The molecule has 2 aliphatic heterocycles. The van der Waals surface area contributed by atoms with Gasteiger partial charge >= 0.3 is 11.9 Å². The fraction of sp³-hybridized carbons (Fsp3) is 0.736. The first-order chi connectivity index (χ1) is 33.0. The van der Waals surface area contributed by atoms with Crippen molar-refractivity contribution in [2.24, 2.45) is 0 Å². The van der Waals surface area contributed by atoms with Crippen molar-refractivity contribution in [1.82, 2.24) is 0 Å². The Morgan fingerprint density at radius 2 is 0.941 bits per heavy atom. The van der Waals surface area contributed by atoms with Gasteiger partial charge in [-0.1, -0.05) is 138 Å². The summed E-state index contributed by atoms with van der Waals surface area (Å²) in [6.07, 6.45) is 29.3. The lowest BCUT2D eigenvalue weighted by Gasteiger charge is -2.42. The van der Waals surface area contributed by atoms with E-state index in [4.69, 9.17) is 28.4 Å². The average molecular weight is 965 g/mol. The van der Waals surface area contributed by atoms with E-state index in [9.17, 15) is 45.3 Å². The first-order valence-electron chi connectivity index (χ1n) is 25.5. The third-order valence-electron chi connectivity index (χ3n) is 11.7. The molecule has 0 spiro atoms. The Hall–Kier alpha value is -3.06. The normalized spacial score (nSPS) is 26.4. The molecule has 11 atom stereocenters. The van der Waals surface area contributed by atoms with Crippen LogP contribution in [0.5, 0.6) is 0 Å². The van der Waals surface area contributed by atoms with Crippen LogP contribution in [0.1, 0.15) is 155 Å². The van der Waals surface area contributed by atoms with Crippen LogP contribution < -0.4 is 0 Å². The zero-order valence-corrected chi connectivity index (χ0v) is 41.1. The summed E-state index contributed by atoms with van der Waals surface area (Å²) >= 11 is 0. The van der Waals surface area contributed by atoms with Gasteiger partial charge in [-0.2, -0.15) is 0 Å². The lowest BCUT2D eigenvalue weighted by molar-refractivity contribution is -0.332. The summed E-state index contributed by atoms with van der Waals surface area (Å²) in [7, 11) is 0. The van der Waals surface area contributed by atoms with E-state index in [0.29, 0.717) is 19.3 Å². The number of esters is 2. The number of unbranched alkanes of at least 4 members (excludes halogenated alkanes) is 12. The van der Waals surface area contributed by atoms with Gasteiger partial charge < -0.3 is 64.2 Å². The molecular weight excluding hydrogens is 877 g/mol. The van der Waals surface area contributed by atoms with Crippen LogP contribution in [0.3, 0.4) is 0 Å². The summed E-state index contributed by atoms with van der Waals surface area (Å²) in [5.41, 5.74) is 0. The number of ether oxygens (including phenoxy) is 6. The number of aliphatic hydroxyl groups excluding tert-OH is 7. The fourth-order valence-corrected chi connectivity index (χ4v) is 7.48. The van der Waals surface area contributed by atoms with Crippen molar-refractivity contribution in [3.05, 3.63) is 72.9 Å². The molecule has 4 unspecified atom stereocenters. The van der Waals surface area contributed by atoms with Crippen LogP contribution >= 0.6 is 0 Å². The molecule has 2 saturated heterocycles. The third kappa shape index (κ3) is 27.4. The molecule has 0 bridgehead atoms. The van der Waals surface area contributed by atoms with Crippen LogP contribution in [-0.2, 0) is 38.0 Å². The van der Waals surface area contributed by atoms with Crippen molar-refractivity contribution in [3.8, 4) is 0 Å². The van der Waals surface area contributed by atoms with Gasteiger partial charge in [0.2, 0.25) is 0 Å². The Morgan fingerprint density at radius 1 is 0.485 bits per heavy atom. The first-order valence-corrected chi connectivity index (χ1v) is 25.5. The van der Waals surface area contributed by atoms with Crippen molar-refractivity contribution >= 4 is 11.9 Å². The number of rotatable bonds is 38. The Morgan fingerprint density at radius 3 is 1.51 bits per heavy atom. The molecule has 2 aliphatic rings. The molecule has 0 amide bonds. The molecule has 2 rings (SSSR count). The molecule has 2 fully saturated rings. The largest absolute Gasteiger partial charge is 0.462 e. The predicted molar refractivity (Wildman–Crippen MR) is 261 cm³/mol. The van der Waals surface area contributed by atoms with Gasteiger partial charge in [0.05, 0.1) is 19.8 Å². The minimum Gasteiger partial charge on any atom is -0.462 e. The smallest absolute Gasteiger partial charge is 0.306 e. The van der Waals surface area contributed by atoms with Gasteiger partial charge in [0.1, 0.15) is 55.4 Å². The van der Waals surface area contributed by atoms with Crippen LogP contribution in [0.2, 0.25) is 0 Å². The summed E-state index contributed by atoms with van der Waals surface area (Å²) in [5, 5.41) is 72.1. The SMILES string of the molecule is CC/C=C/C/C=C/C/C=C/C/C=C/C/C=C/CCCC(=O)O[C@H](COC(=O)CCCCCCCCC/C=C/CCCCCC)CO[C@H]1O[C@@H](CO[C@H]2O[C@@H](CO)[C@@H](O)C(O)C2O)[C@@H](O)C(O)C1O. The van der Waals surface area contributed by atoms with Gasteiger partial charge in [0, 0.05) is 12.8 Å². The summed E-state index contributed by atoms with van der Waals surface area (Å²) in [5.74, 6) is -1.00. The van der Waals surface area contributed by atoms with Crippen molar-refractivity contribution in [2.45, 2.75) is 223 Å². The molecule has 390 valence electrons. The van der Waals surface area contributed by atoms with Gasteiger partial charge in [-0.25, -0.2) is 0 Å². The van der Waals surface area contributed by atoms with Crippen LogP contribution in [0.4, 0.5) is 0 Å². The van der Waals surface area contributed by atoms with Gasteiger partial charge in [-0.15, -0.1) is 0 Å². The predicted octanol–water partition coefficient (Wildman–Crippen LogP) is 7.04. The Labute approximate surface area is 406 Å². The highest BCUT2D eigenvalue weighted by Crippen LogP contribution is 2.26. The van der Waals surface area contributed by atoms with E-state index in [-0.39, 0.29) is 19.4 Å². The number of aliphatic hydroxyl groups is 7. The van der Waals surface area contributed by atoms with E-state index in [1.54, 1.807) is 0 Å². The minimum atomic E-state index is -1.78. The maximum absolute atomic E-state index is 13.0. The lowest BCUT2D eigenvalue weighted by atomic mass is 9.98. The topological polar surface area (TPSA) is 231 Å². The highest BCUT2D eigenvalue weighted by atomic mass is 16.7. The van der Waals surface area contributed by atoms with Crippen LogP contribution in [-0.4, -0.2) is 142 Å². The van der Waals surface area contributed by atoms with Gasteiger partial charge in [-0.05, 0) is 77.0 Å². The molecule has 68 heavy (non-hydrogen) atoms. The number of allylic oxidation sites excluding steroid dienone is 12. The van der Waals surface area contributed by atoms with Gasteiger partial charge in [-0.3, -0.25) is 9.59 Å². The Bertz CT molecular complexity index is 1460. The standard InChI is InChI=1S/C53H88O15/c1-3-5-7-9-11-13-15-17-19-20-22-24-26-28-30-32-34-36-45(56)66-41(38-63-44(55)35-33-31-29-27-25-23-21-18-16-14-12-10-8-6-4-2)39-64-52-51(62)49(60)47(58)43(68-52)40-65-53-50(61)48(59)46(57)42(37-54)67-53/h5,7,11,13-14,16-17,19,22,24,28,30,41-43,46-54,57-62H,3-4,6,8-10,12,15,18,20-21,23,25-27,29,31-40H2,1-2H3/b7-5+,13-11+,16-14+,19-17+,24-22+,30-28+/t41-,42+,43+,46-,47-,48?,49?,50?,51?,52+,53+/m1/s1. The molecular formula is C53H88O15. The highest BCUT2D eigenvalue weighted by molar-refractivity contribution is 5.70. The Kier molecular flexibility index (Phi) is 35.6. The van der Waals surface area contributed by atoms with Crippen molar-refractivity contribution in [1.29, 1.82) is 0 Å². The molecule has 0 aliphatic carbocycles. The molecule has 0 aromatic rings. The second-order valence-electron chi connectivity index (χ2n) is 17.6. The van der Waals surface area contributed by atoms with E-state index in [1.807, 2.05) is 12.2 Å². The van der Waals surface area contributed by atoms with Crippen LogP contribution in [0.25, 0.3) is 0 Å². The van der Waals surface area contributed by atoms with Crippen LogP contribution in [0.15, 0.2) is 72.9 Å².